The monoisotopic (exact) mass is 397 g/mol. The van der Waals surface area contributed by atoms with Gasteiger partial charge in [0.15, 0.2) is 17.9 Å². The predicted molar refractivity (Wildman–Crippen MR) is 87.9 cm³/mol. The van der Waals surface area contributed by atoms with Gasteiger partial charge in [-0.15, -0.1) is 0 Å². The van der Waals surface area contributed by atoms with Crippen molar-refractivity contribution in [3.05, 3.63) is 48.3 Å². The van der Waals surface area contributed by atoms with Crippen LogP contribution in [0.1, 0.15) is 30.3 Å². The number of aromatic nitrogens is 4. The number of likely N-dealkylation sites (tertiary alicyclic amines) is 1. The molecule has 0 amide bonds. The summed E-state index contributed by atoms with van der Waals surface area (Å²) < 4.78 is 56.3. The molecule has 7 nitrogen and oxygen atoms in total. The van der Waals surface area contributed by atoms with Crippen LogP contribution < -0.4 is 4.74 Å². The highest BCUT2D eigenvalue weighted by Gasteiger charge is 2.34. The Hall–Kier alpha value is -3.11. The lowest BCUT2D eigenvalue weighted by atomic mass is 9.93. The number of halogens is 4. The van der Waals surface area contributed by atoms with E-state index in [9.17, 15) is 22.4 Å². The molecule has 0 aromatic carbocycles. The number of rotatable bonds is 5. The van der Waals surface area contributed by atoms with E-state index in [1.165, 1.54) is 12.4 Å². The number of allylic oxidation sites excluding steroid dienone is 1. The Morgan fingerprint density at radius 1 is 1.11 bits per heavy atom. The molecular weight excluding hydrogens is 382 g/mol. The summed E-state index contributed by atoms with van der Waals surface area (Å²) in [5, 5.41) is 0. The largest absolute Gasteiger partial charge is 0.451 e. The highest BCUT2D eigenvalue weighted by Crippen LogP contribution is 2.34. The van der Waals surface area contributed by atoms with Crippen LogP contribution >= 0.6 is 0 Å². The molecule has 1 aliphatic heterocycles. The average molecular weight is 397 g/mol. The molecule has 0 saturated carbocycles. The van der Waals surface area contributed by atoms with Crippen molar-refractivity contribution in [2.45, 2.75) is 24.9 Å². The van der Waals surface area contributed by atoms with Crippen LogP contribution in [0.15, 0.2) is 36.8 Å². The molecule has 0 unspecified atom stereocenters. The Bertz CT molecular complexity index is 849. The fraction of sp³-hybridized carbons (Fsp3) is 0.353. The molecule has 28 heavy (non-hydrogen) atoms. The number of aldehydes is 1. The molecule has 1 fully saturated rings. The first-order valence-corrected chi connectivity index (χ1v) is 8.31. The van der Waals surface area contributed by atoms with E-state index in [0.29, 0.717) is 31.6 Å². The number of carbonyl (C=O) groups excluding carboxylic acids is 1. The molecule has 148 valence electrons. The summed E-state index contributed by atoms with van der Waals surface area (Å²) in [6, 6.07) is 0. The van der Waals surface area contributed by atoms with Crippen molar-refractivity contribution < 1.29 is 27.1 Å². The lowest BCUT2D eigenvalue weighted by Crippen LogP contribution is -2.29. The Morgan fingerprint density at radius 3 is 2.36 bits per heavy atom. The van der Waals surface area contributed by atoms with Gasteiger partial charge in [0.2, 0.25) is 11.7 Å². The first-order chi connectivity index (χ1) is 13.4. The van der Waals surface area contributed by atoms with Gasteiger partial charge in [-0.05, 0) is 12.8 Å². The predicted octanol–water partition coefficient (Wildman–Crippen LogP) is 3.27. The summed E-state index contributed by atoms with van der Waals surface area (Å²) in [4.78, 5) is 27.0. The lowest BCUT2D eigenvalue weighted by Gasteiger charge is -2.30. The van der Waals surface area contributed by atoms with Crippen molar-refractivity contribution >= 4 is 6.29 Å². The van der Waals surface area contributed by atoms with Crippen molar-refractivity contribution in [3.63, 3.8) is 0 Å². The van der Waals surface area contributed by atoms with E-state index in [2.05, 4.69) is 19.9 Å². The average Bonchev–Trinajstić information content (AvgIpc) is 2.69. The molecule has 0 atom stereocenters. The van der Waals surface area contributed by atoms with Crippen LogP contribution in [0.5, 0.6) is 11.6 Å². The van der Waals surface area contributed by atoms with Crippen LogP contribution in [0.2, 0.25) is 0 Å². The van der Waals surface area contributed by atoms with Gasteiger partial charge >= 0.3 is 6.18 Å². The third-order valence-corrected chi connectivity index (χ3v) is 4.12. The van der Waals surface area contributed by atoms with Crippen molar-refractivity contribution in [3.8, 4) is 11.6 Å². The number of ether oxygens (including phenoxy) is 1. The minimum atomic E-state index is -4.64. The van der Waals surface area contributed by atoms with Gasteiger partial charge in [0.25, 0.3) is 0 Å². The van der Waals surface area contributed by atoms with E-state index in [0.717, 1.165) is 18.6 Å². The molecule has 2 aromatic rings. The van der Waals surface area contributed by atoms with E-state index in [-0.39, 0.29) is 23.8 Å². The van der Waals surface area contributed by atoms with Crippen molar-refractivity contribution in [2.24, 2.45) is 0 Å². The SMILES string of the molecule is O=CC(F)=CN1CCC(c2nccnc2Oc2cnc(C(F)(F)F)nc2)CC1. The Morgan fingerprint density at radius 2 is 1.75 bits per heavy atom. The molecule has 0 radical (unpaired) electrons. The molecule has 2 aromatic heterocycles. The molecule has 0 bridgehead atoms. The summed E-state index contributed by atoms with van der Waals surface area (Å²) in [6.07, 6.45) is 2.63. The normalized spacial score (nSPS) is 16.1. The van der Waals surface area contributed by atoms with Crippen LogP contribution in [-0.4, -0.2) is 44.2 Å². The summed E-state index contributed by atoms with van der Waals surface area (Å²) in [7, 11) is 0. The molecule has 1 aliphatic rings. The van der Waals surface area contributed by atoms with Gasteiger partial charge in [0.05, 0.1) is 12.4 Å². The van der Waals surface area contributed by atoms with E-state index in [1.54, 1.807) is 4.90 Å². The first-order valence-electron chi connectivity index (χ1n) is 8.31. The smallest absolute Gasteiger partial charge is 0.434 e. The second kappa shape index (κ2) is 8.28. The maximum Gasteiger partial charge on any atom is 0.451 e. The highest BCUT2D eigenvalue weighted by molar-refractivity contribution is 5.69. The van der Waals surface area contributed by atoms with E-state index >= 15 is 0 Å². The van der Waals surface area contributed by atoms with Gasteiger partial charge in [0, 0.05) is 37.6 Å². The molecule has 0 aliphatic carbocycles. The third-order valence-electron chi connectivity index (χ3n) is 4.12. The van der Waals surface area contributed by atoms with Crippen LogP contribution in [0.25, 0.3) is 0 Å². The van der Waals surface area contributed by atoms with Gasteiger partial charge in [-0.25, -0.2) is 19.3 Å². The van der Waals surface area contributed by atoms with Crippen LogP contribution in [0.4, 0.5) is 17.6 Å². The molecule has 0 N–H and O–H groups in total. The van der Waals surface area contributed by atoms with Crippen LogP contribution in [-0.2, 0) is 11.0 Å². The molecule has 3 heterocycles. The van der Waals surface area contributed by atoms with Gasteiger partial charge in [-0.3, -0.25) is 9.78 Å². The zero-order chi connectivity index (χ0) is 20.1. The summed E-state index contributed by atoms with van der Waals surface area (Å²) in [5.41, 5.74) is 0.543. The van der Waals surface area contributed by atoms with E-state index in [4.69, 9.17) is 4.74 Å². The van der Waals surface area contributed by atoms with Gasteiger partial charge in [-0.2, -0.15) is 13.2 Å². The first kappa shape index (κ1) is 19.6. The fourth-order valence-corrected chi connectivity index (χ4v) is 2.83. The minimum absolute atomic E-state index is 0.00294. The maximum absolute atomic E-state index is 13.1. The second-order valence-electron chi connectivity index (χ2n) is 6.03. The van der Waals surface area contributed by atoms with E-state index < -0.39 is 17.8 Å². The topological polar surface area (TPSA) is 81.1 Å². The fourth-order valence-electron chi connectivity index (χ4n) is 2.83. The lowest BCUT2D eigenvalue weighted by molar-refractivity contribution is -0.145. The number of carbonyl (C=O) groups is 1. The summed E-state index contributed by atoms with van der Waals surface area (Å²) in [5.74, 6) is -1.99. The number of nitrogens with zero attached hydrogens (tertiary/aromatic N) is 5. The third kappa shape index (κ3) is 4.78. The summed E-state index contributed by atoms with van der Waals surface area (Å²) >= 11 is 0. The maximum atomic E-state index is 13.1. The number of hydrogen-bond acceptors (Lipinski definition) is 7. The Kier molecular flexibility index (Phi) is 5.81. The Balaban J connectivity index is 1.71. The quantitative estimate of drug-likeness (QED) is 0.435. The second-order valence-corrected chi connectivity index (χ2v) is 6.03. The van der Waals surface area contributed by atoms with Crippen molar-refractivity contribution in [1.29, 1.82) is 0 Å². The van der Waals surface area contributed by atoms with Gasteiger partial charge < -0.3 is 9.64 Å². The molecular formula is C17H15F4N5O2. The number of alkyl halides is 3. The standard InChI is InChI=1S/C17H15F4N5O2/c18-12(10-27)9-26-5-1-11(2-6-26)14-15(23-4-3-22-14)28-13-7-24-16(25-8-13)17(19,20)21/h3-4,7-11H,1-2,5-6H2. The van der Waals surface area contributed by atoms with Gasteiger partial charge in [-0.1, -0.05) is 0 Å². The van der Waals surface area contributed by atoms with Gasteiger partial charge in [0.1, 0.15) is 5.69 Å². The Labute approximate surface area is 157 Å². The highest BCUT2D eigenvalue weighted by atomic mass is 19.4. The molecule has 11 heteroatoms. The molecule has 0 spiro atoms. The van der Waals surface area contributed by atoms with Crippen molar-refractivity contribution in [1.82, 2.24) is 24.8 Å². The van der Waals surface area contributed by atoms with Crippen LogP contribution in [0.3, 0.4) is 0 Å². The van der Waals surface area contributed by atoms with E-state index in [1.807, 2.05) is 0 Å². The van der Waals surface area contributed by atoms with Crippen molar-refractivity contribution in [2.75, 3.05) is 13.1 Å². The number of hydrogen-bond donors (Lipinski definition) is 0. The minimum Gasteiger partial charge on any atom is -0.434 e. The zero-order valence-electron chi connectivity index (χ0n) is 14.4. The molecule has 1 saturated heterocycles. The number of piperidine rings is 1. The molecule has 3 rings (SSSR count). The zero-order valence-corrected chi connectivity index (χ0v) is 14.4. The summed E-state index contributed by atoms with van der Waals surface area (Å²) in [6.45, 7) is 1.01. The van der Waals surface area contributed by atoms with Crippen LogP contribution in [0, 0.1) is 0 Å².